The SMILES string of the molecule is NC(=O)NC(=O)c1cc(Br)ccc1Cl. The Morgan fingerprint density at radius 3 is 2.64 bits per heavy atom. The zero-order chi connectivity index (χ0) is 10.7. The smallest absolute Gasteiger partial charge is 0.319 e. The predicted molar refractivity (Wildman–Crippen MR) is 56.2 cm³/mol. The molecule has 0 unspecified atom stereocenters. The number of primary amides is 1. The van der Waals surface area contributed by atoms with Crippen molar-refractivity contribution in [1.82, 2.24) is 5.32 Å². The average molecular weight is 278 g/mol. The maximum Gasteiger partial charge on any atom is 0.319 e. The molecule has 1 rings (SSSR count). The van der Waals surface area contributed by atoms with Crippen LogP contribution in [0.4, 0.5) is 4.79 Å². The molecule has 0 saturated carbocycles. The van der Waals surface area contributed by atoms with E-state index < -0.39 is 11.9 Å². The minimum absolute atomic E-state index is 0.194. The molecule has 0 radical (unpaired) electrons. The second kappa shape index (κ2) is 4.43. The molecule has 0 fully saturated rings. The van der Waals surface area contributed by atoms with E-state index >= 15 is 0 Å². The zero-order valence-corrected chi connectivity index (χ0v) is 9.22. The quantitative estimate of drug-likeness (QED) is 0.823. The lowest BCUT2D eigenvalue weighted by atomic mass is 10.2. The van der Waals surface area contributed by atoms with Crippen LogP contribution in [0, 0.1) is 0 Å². The first-order chi connectivity index (χ1) is 6.50. The third kappa shape index (κ3) is 2.71. The summed E-state index contributed by atoms with van der Waals surface area (Å²) in [5.41, 5.74) is 4.99. The molecule has 0 aliphatic carbocycles. The molecule has 0 heterocycles. The summed E-state index contributed by atoms with van der Waals surface area (Å²) >= 11 is 8.92. The molecule has 0 spiro atoms. The van der Waals surface area contributed by atoms with Gasteiger partial charge in [0.05, 0.1) is 10.6 Å². The van der Waals surface area contributed by atoms with Gasteiger partial charge in [0.1, 0.15) is 0 Å². The highest BCUT2D eigenvalue weighted by Crippen LogP contribution is 2.20. The van der Waals surface area contributed by atoms with Crippen LogP contribution in [0.25, 0.3) is 0 Å². The van der Waals surface area contributed by atoms with Crippen molar-refractivity contribution in [2.75, 3.05) is 0 Å². The minimum Gasteiger partial charge on any atom is -0.351 e. The Bertz CT molecular complexity index is 395. The normalized spacial score (nSPS) is 9.57. The molecular formula is C8H6BrClN2O2. The van der Waals surface area contributed by atoms with Crippen molar-refractivity contribution in [2.24, 2.45) is 5.73 Å². The van der Waals surface area contributed by atoms with E-state index in [9.17, 15) is 9.59 Å². The monoisotopic (exact) mass is 276 g/mol. The molecule has 0 aromatic heterocycles. The maximum absolute atomic E-state index is 11.3. The summed E-state index contributed by atoms with van der Waals surface area (Å²) in [5, 5.41) is 2.18. The van der Waals surface area contributed by atoms with Crippen LogP contribution in [0.1, 0.15) is 10.4 Å². The fourth-order valence-electron chi connectivity index (χ4n) is 0.851. The summed E-state index contributed by atoms with van der Waals surface area (Å²) in [6, 6.07) is 3.82. The fourth-order valence-corrected chi connectivity index (χ4v) is 1.42. The highest BCUT2D eigenvalue weighted by Gasteiger charge is 2.11. The first-order valence-corrected chi connectivity index (χ1v) is 4.73. The lowest BCUT2D eigenvalue weighted by molar-refractivity contribution is 0.0966. The van der Waals surface area contributed by atoms with Crippen molar-refractivity contribution < 1.29 is 9.59 Å². The van der Waals surface area contributed by atoms with Gasteiger partial charge in [-0.05, 0) is 18.2 Å². The lowest BCUT2D eigenvalue weighted by Gasteiger charge is -2.03. The standard InChI is InChI=1S/C8H6BrClN2O2/c9-4-1-2-6(10)5(3-4)7(13)12-8(11)14/h1-3H,(H3,11,12,13,14). The molecular weight excluding hydrogens is 271 g/mol. The maximum atomic E-state index is 11.3. The summed E-state index contributed by atoms with van der Waals surface area (Å²) in [6.07, 6.45) is 0. The molecule has 3 N–H and O–H groups in total. The van der Waals surface area contributed by atoms with Crippen molar-refractivity contribution in [3.8, 4) is 0 Å². The van der Waals surface area contributed by atoms with Crippen LogP contribution in [0.15, 0.2) is 22.7 Å². The third-order valence-corrected chi connectivity index (χ3v) is 2.23. The highest BCUT2D eigenvalue weighted by molar-refractivity contribution is 9.10. The van der Waals surface area contributed by atoms with E-state index in [4.69, 9.17) is 17.3 Å². The molecule has 1 aromatic rings. The number of carbonyl (C=O) groups is 2. The third-order valence-electron chi connectivity index (χ3n) is 1.41. The molecule has 6 heteroatoms. The number of hydrogen-bond donors (Lipinski definition) is 2. The number of rotatable bonds is 1. The van der Waals surface area contributed by atoms with E-state index in [-0.39, 0.29) is 10.6 Å². The van der Waals surface area contributed by atoms with Gasteiger partial charge in [-0.2, -0.15) is 0 Å². The summed E-state index contributed by atoms with van der Waals surface area (Å²) in [5.74, 6) is -0.621. The van der Waals surface area contributed by atoms with Gasteiger partial charge in [0.25, 0.3) is 5.91 Å². The Labute approximate surface area is 93.5 Å². The number of nitrogens with two attached hydrogens (primary N) is 1. The van der Waals surface area contributed by atoms with Crippen molar-refractivity contribution in [1.29, 1.82) is 0 Å². The molecule has 74 valence electrons. The summed E-state index contributed by atoms with van der Waals surface area (Å²) < 4.78 is 0.691. The second-order valence-electron chi connectivity index (χ2n) is 2.44. The molecule has 0 saturated heterocycles. The van der Waals surface area contributed by atoms with E-state index in [2.05, 4.69) is 15.9 Å². The predicted octanol–water partition coefficient (Wildman–Crippen LogP) is 1.91. The minimum atomic E-state index is -0.911. The largest absolute Gasteiger partial charge is 0.351 e. The van der Waals surface area contributed by atoms with Gasteiger partial charge in [-0.15, -0.1) is 0 Å². The van der Waals surface area contributed by atoms with E-state index in [1.807, 2.05) is 5.32 Å². The fraction of sp³-hybridized carbons (Fsp3) is 0. The Kier molecular flexibility index (Phi) is 3.49. The van der Waals surface area contributed by atoms with Crippen LogP contribution < -0.4 is 11.1 Å². The van der Waals surface area contributed by atoms with Gasteiger partial charge in [0.15, 0.2) is 0 Å². The van der Waals surface area contributed by atoms with Gasteiger partial charge in [-0.1, -0.05) is 27.5 Å². The first-order valence-electron chi connectivity index (χ1n) is 3.56. The Hall–Kier alpha value is -1.07. The number of nitrogens with one attached hydrogen (secondary N) is 1. The van der Waals surface area contributed by atoms with Crippen LogP contribution in [0.2, 0.25) is 5.02 Å². The van der Waals surface area contributed by atoms with Crippen molar-refractivity contribution in [3.63, 3.8) is 0 Å². The van der Waals surface area contributed by atoms with Gasteiger partial charge in [0.2, 0.25) is 0 Å². The number of halogens is 2. The van der Waals surface area contributed by atoms with Gasteiger partial charge in [-0.25, -0.2) is 4.79 Å². The van der Waals surface area contributed by atoms with Crippen LogP contribution >= 0.6 is 27.5 Å². The van der Waals surface area contributed by atoms with Crippen LogP contribution in [0.5, 0.6) is 0 Å². The molecule has 0 aliphatic rings. The summed E-state index contributed by atoms with van der Waals surface area (Å²) in [7, 11) is 0. The van der Waals surface area contributed by atoms with E-state index in [1.165, 1.54) is 6.07 Å². The number of benzene rings is 1. The second-order valence-corrected chi connectivity index (χ2v) is 3.77. The first kappa shape index (κ1) is 11.0. The van der Waals surface area contributed by atoms with Crippen LogP contribution in [-0.4, -0.2) is 11.9 Å². The van der Waals surface area contributed by atoms with E-state index in [1.54, 1.807) is 12.1 Å². The van der Waals surface area contributed by atoms with Gasteiger partial charge in [0, 0.05) is 4.47 Å². The van der Waals surface area contributed by atoms with Crippen LogP contribution in [-0.2, 0) is 0 Å². The van der Waals surface area contributed by atoms with Crippen molar-refractivity contribution in [3.05, 3.63) is 33.3 Å². The molecule has 14 heavy (non-hydrogen) atoms. The summed E-state index contributed by atoms with van der Waals surface area (Å²) in [6.45, 7) is 0. The molecule has 4 nitrogen and oxygen atoms in total. The number of hydrogen-bond acceptors (Lipinski definition) is 2. The molecule has 0 atom stereocenters. The molecule has 3 amide bonds. The van der Waals surface area contributed by atoms with Crippen LogP contribution in [0.3, 0.4) is 0 Å². The highest BCUT2D eigenvalue weighted by atomic mass is 79.9. The zero-order valence-electron chi connectivity index (χ0n) is 6.88. The average Bonchev–Trinajstić information content (AvgIpc) is 2.08. The summed E-state index contributed by atoms with van der Waals surface area (Å²) in [4.78, 5) is 21.7. The van der Waals surface area contributed by atoms with Crippen molar-refractivity contribution >= 4 is 39.5 Å². The van der Waals surface area contributed by atoms with Gasteiger partial charge in [-0.3, -0.25) is 10.1 Å². The Morgan fingerprint density at radius 1 is 1.43 bits per heavy atom. The number of imide groups is 1. The lowest BCUT2D eigenvalue weighted by Crippen LogP contribution is -2.35. The number of amides is 3. The molecule has 0 bridgehead atoms. The van der Waals surface area contributed by atoms with E-state index in [0.29, 0.717) is 4.47 Å². The van der Waals surface area contributed by atoms with Gasteiger partial charge >= 0.3 is 6.03 Å². The Morgan fingerprint density at radius 2 is 2.07 bits per heavy atom. The Balaban J connectivity index is 3.00. The van der Waals surface area contributed by atoms with Gasteiger partial charge < -0.3 is 5.73 Å². The van der Waals surface area contributed by atoms with Crippen molar-refractivity contribution in [2.45, 2.75) is 0 Å². The number of urea groups is 1. The number of carbonyl (C=O) groups excluding carboxylic acids is 2. The topological polar surface area (TPSA) is 72.2 Å². The molecule has 1 aromatic carbocycles. The van der Waals surface area contributed by atoms with E-state index in [0.717, 1.165) is 0 Å². The molecule has 0 aliphatic heterocycles.